The van der Waals surface area contributed by atoms with Crippen LogP contribution in [0.1, 0.15) is 0 Å². The van der Waals surface area contributed by atoms with E-state index in [-0.39, 0.29) is 17.4 Å². The summed E-state index contributed by atoms with van der Waals surface area (Å²) in [5.41, 5.74) is 0. The first-order chi connectivity index (χ1) is 1.73. The van der Waals surface area contributed by atoms with E-state index in [4.69, 9.17) is 9.13 Å². The fourth-order valence-electron chi connectivity index (χ4n) is 0. The SMILES string of the molecule is O=[P](=O)[AlH2].[AlH3]. The van der Waals surface area contributed by atoms with Gasteiger partial charge in [0.1, 0.15) is 0 Å². The van der Waals surface area contributed by atoms with Gasteiger partial charge >= 0.3 is 15.8 Å². The normalized spacial score (nSPS) is 4.80. The van der Waals surface area contributed by atoms with Crippen LogP contribution in [-0.2, 0) is 9.13 Å². The Labute approximate surface area is 48.9 Å². The summed E-state index contributed by atoms with van der Waals surface area (Å²) in [7, 11) is 0. The van der Waals surface area contributed by atoms with E-state index in [1.807, 2.05) is 0 Å². The zero-order valence-electron chi connectivity index (χ0n) is 2.26. The highest BCUT2D eigenvalue weighted by Crippen LogP contribution is 1.83. The summed E-state index contributed by atoms with van der Waals surface area (Å²) in [5.74, 6) is 0. The maximum absolute atomic E-state index is 9.10. The third-order valence-corrected chi connectivity index (χ3v) is 0. The quantitative estimate of drug-likeness (QED) is 0.290. The van der Waals surface area contributed by atoms with E-state index in [9.17, 15) is 0 Å². The zero-order chi connectivity index (χ0) is 3.58. The zero-order valence-corrected chi connectivity index (χ0v) is 5.16. The lowest BCUT2D eigenvalue weighted by Crippen LogP contribution is -1.22. The predicted molar refractivity (Wildman–Crippen MR) is 26.8 cm³/mol. The summed E-state index contributed by atoms with van der Waals surface area (Å²) in [6.45, 7) is 0. The smallest absolute Gasteiger partial charge is 0.264 e. The molecule has 0 aromatic rings. The van der Waals surface area contributed by atoms with E-state index in [1.54, 1.807) is 0 Å². The Morgan fingerprint density at radius 3 is 1.40 bits per heavy atom. The van der Waals surface area contributed by atoms with Crippen molar-refractivity contribution in [3.8, 4) is 0 Å². The van der Waals surface area contributed by atoms with Gasteiger partial charge in [0.05, 0.1) is 0 Å². The lowest BCUT2D eigenvalue weighted by Gasteiger charge is -1.32. The maximum atomic E-state index is 9.10. The average Bonchev–Trinajstić information content (AvgIpc) is 0.811. The highest BCUT2D eigenvalue weighted by Gasteiger charge is 1.59. The van der Waals surface area contributed by atoms with E-state index in [1.165, 1.54) is 0 Å². The third-order valence-electron chi connectivity index (χ3n) is 0. The summed E-state index contributed by atoms with van der Waals surface area (Å²) < 4.78 is 18.2. The maximum Gasteiger partial charge on any atom is 0.421 e. The number of hydrogen-bond donors (Lipinski definition) is 0. The average molecular weight is 122 g/mol. The van der Waals surface area contributed by atoms with Crippen molar-refractivity contribution in [1.29, 1.82) is 0 Å². The van der Waals surface area contributed by atoms with E-state index in [2.05, 4.69) is 0 Å². The Balaban J connectivity index is 0. The molecule has 5 heavy (non-hydrogen) atoms. The Hall–Kier alpha value is 0.965. The van der Waals surface area contributed by atoms with Crippen LogP contribution in [0.25, 0.3) is 0 Å². The second-order valence-electron chi connectivity index (χ2n) is 0.440. The molecule has 0 saturated heterocycles. The molecule has 0 saturated carbocycles. The molecule has 5 heteroatoms. The van der Waals surface area contributed by atoms with Crippen LogP contribution in [0.5, 0.6) is 0 Å². The summed E-state index contributed by atoms with van der Waals surface area (Å²) in [5, 5.41) is 0. The first-order valence-electron chi connectivity index (χ1n) is 0.812. The second kappa shape index (κ2) is 4.96. The Morgan fingerprint density at radius 2 is 1.40 bits per heavy atom. The minimum absolute atomic E-state index is 0. The van der Waals surface area contributed by atoms with Crippen LogP contribution in [-0.4, -0.2) is 33.2 Å². The van der Waals surface area contributed by atoms with Gasteiger partial charge in [-0.3, -0.25) is 9.13 Å². The molecule has 0 atom stereocenters. The minimum atomic E-state index is -1.98. The molecule has 0 aliphatic rings. The summed E-state index contributed by atoms with van der Waals surface area (Å²) >= 11 is 0.302. The van der Waals surface area contributed by atoms with Crippen LogP contribution in [0, 0.1) is 0 Å². The summed E-state index contributed by atoms with van der Waals surface area (Å²) in [6.07, 6.45) is -1.98. The Kier molecular flexibility index (Phi) is 9.29. The molecule has 28 valence electrons. The number of hydrogen-bond acceptors (Lipinski definition) is 2. The van der Waals surface area contributed by atoms with E-state index < -0.39 is 6.33 Å². The van der Waals surface area contributed by atoms with Crippen LogP contribution in [0.2, 0.25) is 0 Å². The number of rotatable bonds is 0. The minimum Gasteiger partial charge on any atom is -0.264 e. The Morgan fingerprint density at radius 1 is 1.40 bits per heavy atom. The molecule has 0 N–H and O–H groups in total. The molecule has 0 amide bonds. The van der Waals surface area contributed by atoms with E-state index >= 15 is 0 Å². The fourth-order valence-corrected chi connectivity index (χ4v) is 0. The molecule has 2 nitrogen and oxygen atoms in total. The largest absolute Gasteiger partial charge is 0.421 e. The van der Waals surface area contributed by atoms with Gasteiger partial charge in [-0.2, -0.15) is 0 Å². The third kappa shape index (κ3) is 46.9. The van der Waals surface area contributed by atoms with Crippen molar-refractivity contribution in [1.82, 2.24) is 0 Å². The van der Waals surface area contributed by atoms with Crippen molar-refractivity contribution in [2.45, 2.75) is 0 Å². The molecule has 0 spiro atoms. The molecule has 0 rings (SSSR count). The first kappa shape index (κ1) is 9.35. The molecule has 0 aromatic carbocycles. The van der Waals surface area contributed by atoms with Gasteiger partial charge in [-0.15, -0.1) is 0 Å². The van der Waals surface area contributed by atoms with Crippen molar-refractivity contribution in [2.75, 3.05) is 0 Å². The van der Waals surface area contributed by atoms with Gasteiger partial charge in [-0.25, -0.2) is 0 Å². The topological polar surface area (TPSA) is 34.1 Å². The molecule has 0 aliphatic heterocycles. The highest BCUT2D eigenvalue weighted by molar-refractivity contribution is 7.61. The van der Waals surface area contributed by atoms with E-state index in [0.717, 1.165) is 0 Å². The van der Waals surface area contributed by atoms with Crippen molar-refractivity contribution < 1.29 is 9.13 Å². The Bertz CT molecular complexity index is 56.0. The molecular weight excluding hydrogens is 117 g/mol. The van der Waals surface area contributed by atoms with Crippen molar-refractivity contribution in [3.63, 3.8) is 0 Å². The van der Waals surface area contributed by atoms with Gasteiger partial charge in [0.25, 0.3) is 0 Å². The molecule has 0 radical (unpaired) electrons. The van der Waals surface area contributed by atoms with Crippen molar-refractivity contribution >= 4 is 39.5 Å². The first-order valence-corrected chi connectivity index (χ1v) is 5.12. The van der Waals surface area contributed by atoms with Gasteiger partial charge in [0.2, 0.25) is 0 Å². The van der Waals surface area contributed by atoms with E-state index in [0.29, 0.717) is 15.8 Å². The predicted octanol–water partition coefficient (Wildman–Crippen LogP) is -1.48. The van der Waals surface area contributed by atoms with Crippen LogP contribution in [0.15, 0.2) is 0 Å². The second-order valence-corrected chi connectivity index (χ2v) is 3.51. The van der Waals surface area contributed by atoms with Gasteiger partial charge in [-0.05, 0) is 0 Å². The van der Waals surface area contributed by atoms with Crippen molar-refractivity contribution in [2.24, 2.45) is 0 Å². The standard InChI is InChI=1S/2Al.O2P.5H/c;;1-3-2;;;;;. The van der Waals surface area contributed by atoms with Gasteiger partial charge < -0.3 is 0 Å². The molecular formula is H5Al2O2P. The lowest BCUT2D eigenvalue weighted by atomic mass is 15.9. The lowest BCUT2D eigenvalue weighted by molar-refractivity contribution is 0.526. The van der Waals surface area contributed by atoms with Gasteiger partial charge in [0, 0.05) is 0 Å². The van der Waals surface area contributed by atoms with Gasteiger partial charge in [0.15, 0.2) is 23.7 Å². The molecule has 0 unspecified atom stereocenters. The van der Waals surface area contributed by atoms with Crippen LogP contribution < -0.4 is 0 Å². The summed E-state index contributed by atoms with van der Waals surface area (Å²) in [4.78, 5) is 0. The van der Waals surface area contributed by atoms with Gasteiger partial charge in [-0.1, -0.05) is 0 Å². The van der Waals surface area contributed by atoms with Crippen LogP contribution >= 0.6 is 6.33 Å². The fraction of sp³-hybridized carbons (Fsp3) is 0. The molecule has 0 fully saturated rings. The molecule has 0 bridgehead atoms. The molecule has 0 heterocycles. The van der Waals surface area contributed by atoms with Crippen molar-refractivity contribution in [3.05, 3.63) is 0 Å². The van der Waals surface area contributed by atoms with Crippen LogP contribution in [0.4, 0.5) is 0 Å². The van der Waals surface area contributed by atoms with Crippen LogP contribution in [0.3, 0.4) is 0 Å². The molecule has 0 aliphatic carbocycles. The molecule has 0 aromatic heterocycles. The monoisotopic (exact) mass is 122 g/mol. The summed E-state index contributed by atoms with van der Waals surface area (Å²) in [6, 6.07) is 0. The highest BCUT2D eigenvalue weighted by atomic mass is 31.3.